The first-order valence-corrected chi connectivity index (χ1v) is 11.5. The number of benzene rings is 3. The number of rotatable bonds is 5. The second-order valence-electron chi connectivity index (χ2n) is 9.04. The fourth-order valence-electron chi connectivity index (χ4n) is 4.84. The van der Waals surface area contributed by atoms with E-state index < -0.39 is 6.04 Å². The molecule has 4 aromatic rings. The minimum atomic E-state index is -0.484. The smallest absolute Gasteiger partial charge is 0.290 e. The number of fused-ring (bicyclic) bond motifs is 2. The molecule has 1 unspecified atom stereocenters. The summed E-state index contributed by atoms with van der Waals surface area (Å²) in [5.41, 5.74) is 5.75. The van der Waals surface area contributed by atoms with Crippen LogP contribution < -0.4 is 10.2 Å². The Hall–Kier alpha value is -3.86. The van der Waals surface area contributed by atoms with Crippen LogP contribution in [0.5, 0.6) is 5.75 Å². The topological polar surface area (TPSA) is 59.8 Å². The van der Waals surface area contributed by atoms with Gasteiger partial charge in [0.15, 0.2) is 5.43 Å². The number of aryl methyl sites for hydroxylation is 3. The van der Waals surface area contributed by atoms with Crippen LogP contribution in [0.3, 0.4) is 0 Å². The van der Waals surface area contributed by atoms with Gasteiger partial charge >= 0.3 is 0 Å². The lowest BCUT2D eigenvalue weighted by molar-refractivity contribution is 0.0730. The third-order valence-corrected chi connectivity index (χ3v) is 6.59. The van der Waals surface area contributed by atoms with Gasteiger partial charge in [-0.3, -0.25) is 9.59 Å². The molecule has 0 radical (unpaired) electrons. The highest BCUT2D eigenvalue weighted by molar-refractivity contribution is 5.99. The number of hydrogen-bond donors (Lipinski definition) is 0. The van der Waals surface area contributed by atoms with Crippen LogP contribution in [0.2, 0.25) is 0 Å². The molecule has 5 nitrogen and oxygen atoms in total. The van der Waals surface area contributed by atoms with Crippen molar-refractivity contribution >= 4 is 16.9 Å². The van der Waals surface area contributed by atoms with E-state index in [0.29, 0.717) is 29.5 Å². The first-order valence-electron chi connectivity index (χ1n) is 11.5. The van der Waals surface area contributed by atoms with E-state index in [0.717, 1.165) is 33.6 Å². The zero-order valence-electron chi connectivity index (χ0n) is 19.8. The third kappa shape index (κ3) is 3.67. The molecule has 1 aromatic heterocycles. The van der Waals surface area contributed by atoms with Crippen molar-refractivity contribution in [2.24, 2.45) is 0 Å². The van der Waals surface area contributed by atoms with Crippen molar-refractivity contribution < 1.29 is 13.9 Å². The summed E-state index contributed by atoms with van der Waals surface area (Å²) in [5.74, 6) is 0.705. The van der Waals surface area contributed by atoms with Gasteiger partial charge in [0.1, 0.15) is 11.3 Å². The molecule has 5 heteroatoms. The van der Waals surface area contributed by atoms with Gasteiger partial charge in [0.05, 0.1) is 24.1 Å². The Kier molecular flexibility index (Phi) is 5.48. The predicted octanol–water partition coefficient (Wildman–Crippen LogP) is 5.51. The summed E-state index contributed by atoms with van der Waals surface area (Å²) in [6.45, 7) is 6.35. The summed E-state index contributed by atoms with van der Waals surface area (Å²) in [6.07, 6.45) is 0.651. The van der Waals surface area contributed by atoms with Crippen LogP contribution in [-0.4, -0.2) is 24.5 Å². The fraction of sp³-hybridized carbons (Fsp3) is 0.241. The molecule has 172 valence electrons. The minimum Gasteiger partial charge on any atom is -0.497 e. The average Bonchev–Trinajstić information content (AvgIpc) is 3.11. The Bertz CT molecular complexity index is 1450. The van der Waals surface area contributed by atoms with Gasteiger partial charge in [0.2, 0.25) is 5.76 Å². The molecule has 1 amide bonds. The van der Waals surface area contributed by atoms with Gasteiger partial charge < -0.3 is 14.1 Å². The number of hydrogen-bond acceptors (Lipinski definition) is 4. The van der Waals surface area contributed by atoms with E-state index in [-0.39, 0.29) is 17.1 Å². The predicted molar refractivity (Wildman–Crippen MR) is 133 cm³/mol. The number of carbonyl (C=O) groups excluding carboxylic acids is 1. The standard InChI is InChI=1S/C29H27NO4/c1-17-5-9-21(10-6-17)25-24-26(31)23-16-18(2)15-19(3)27(23)34-28(24)29(32)30(25)14-13-20-7-11-22(33-4)12-8-20/h5-12,15-16,25H,13-14H2,1-4H3. The van der Waals surface area contributed by atoms with Gasteiger partial charge in [-0.2, -0.15) is 0 Å². The van der Waals surface area contributed by atoms with Gasteiger partial charge in [0, 0.05) is 6.54 Å². The van der Waals surface area contributed by atoms with E-state index in [1.165, 1.54) is 0 Å². The average molecular weight is 454 g/mol. The van der Waals surface area contributed by atoms with Crippen LogP contribution in [0.1, 0.15) is 50.0 Å². The van der Waals surface area contributed by atoms with Crippen molar-refractivity contribution in [3.05, 3.63) is 110 Å². The van der Waals surface area contributed by atoms with Gasteiger partial charge in [-0.05, 0) is 67.6 Å². The van der Waals surface area contributed by atoms with Crippen LogP contribution in [0.15, 0.2) is 69.9 Å². The summed E-state index contributed by atoms with van der Waals surface area (Å²) in [7, 11) is 1.64. The van der Waals surface area contributed by atoms with Crippen molar-refractivity contribution in [3.8, 4) is 5.75 Å². The zero-order chi connectivity index (χ0) is 24.0. The Labute approximate surface area is 198 Å². The first kappa shape index (κ1) is 22.0. The Balaban J connectivity index is 1.62. The van der Waals surface area contributed by atoms with E-state index in [1.807, 2.05) is 81.4 Å². The third-order valence-electron chi connectivity index (χ3n) is 6.59. The number of methoxy groups -OCH3 is 1. The molecule has 0 aliphatic carbocycles. The maximum atomic E-state index is 13.8. The zero-order valence-corrected chi connectivity index (χ0v) is 19.8. The van der Waals surface area contributed by atoms with Crippen molar-refractivity contribution in [1.82, 2.24) is 4.90 Å². The van der Waals surface area contributed by atoms with Crippen LogP contribution in [0.25, 0.3) is 11.0 Å². The number of amides is 1. The molecular weight excluding hydrogens is 426 g/mol. The van der Waals surface area contributed by atoms with Crippen molar-refractivity contribution in [1.29, 1.82) is 0 Å². The Morgan fingerprint density at radius 3 is 2.29 bits per heavy atom. The second-order valence-corrected chi connectivity index (χ2v) is 9.04. The lowest BCUT2D eigenvalue weighted by Gasteiger charge is -2.25. The molecule has 0 saturated heterocycles. The lowest BCUT2D eigenvalue weighted by Crippen LogP contribution is -2.31. The molecule has 34 heavy (non-hydrogen) atoms. The molecule has 1 aliphatic rings. The van der Waals surface area contributed by atoms with Crippen molar-refractivity contribution in [2.75, 3.05) is 13.7 Å². The van der Waals surface area contributed by atoms with E-state index in [9.17, 15) is 9.59 Å². The molecule has 0 fully saturated rings. The highest BCUT2D eigenvalue weighted by Gasteiger charge is 2.42. The largest absolute Gasteiger partial charge is 0.497 e. The Morgan fingerprint density at radius 1 is 0.912 bits per heavy atom. The molecule has 3 aromatic carbocycles. The molecule has 0 saturated carbocycles. The quantitative estimate of drug-likeness (QED) is 0.400. The highest BCUT2D eigenvalue weighted by Crippen LogP contribution is 2.38. The van der Waals surface area contributed by atoms with E-state index in [1.54, 1.807) is 12.0 Å². The van der Waals surface area contributed by atoms with Gasteiger partial charge in [-0.15, -0.1) is 0 Å². The van der Waals surface area contributed by atoms with Crippen LogP contribution in [0.4, 0.5) is 0 Å². The van der Waals surface area contributed by atoms with Crippen LogP contribution in [0, 0.1) is 20.8 Å². The lowest BCUT2D eigenvalue weighted by atomic mass is 9.96. The summed E-state index contributed by atoms with van der Waals surface area (Å²) in [4.78, 5) is 29.1. The van der Waals surface area contributed by atoms with Crippen molar-refractivity contribution in [3.63, 3.8) is 0 Å². The molecule has 1 atom stereocenters. The van der Waals surface area contributed by atoms with Gasteiger partial charge in [-0.25, -0.2) is 0 Å². The number of ether oxygens (including phenoxy) is 1. The summed E-state index contributed by atoms with van der Waals surface area (Å²) in [5, 5.41) is 0.526. The number of nitrogens with zero attached hydrogens (tertiary/aromatic N) is 1. The fourth-order valence-corrected chi connectivity index (χ4v) is 4.84. The molecular formula is C29H27NO4. The van der Waals surface area contributed by atoms with Crippen LogP contribution in [-0.2, 0) is 6.42 Å². The molecule has 5 rings (SSSR count). The van der Waals surface area contributed by atoms with E-state index >= 15 is 0 Å². The van der Waals surface area contributed by atoms with Gasteiger partial charge in [-0.1, -0.05) is 48.0 Å². The summed E-state index contributed by atoms with van der Waals surface area (Å²) < 4.78 is 11.4. The summed E-state index contributed by atoms with van der Waals surface area (Å²) in [6, 6.07) is 19.2. The molecule has 1 aliphatic heterocycles. The first-order chi connectivity index (χ1) is 16.4. The number of carbonyl (C=O) groups is 1. The minimum absolute atomic E-state index is 0.131. The molecule has 0 N–H and O–H groups in total. The van der Waals surface area contributed by atoms with E-state index in [2.05, 4.69) is 0 Å². The normalized spacial score (nSPS) is 15.1. The molecule has 0 spiro atoms. The SMILES string of the molecule is COc1ccc(CCN2C(=O)c3oc4c(C)cc(C)cc4c(=O)c3C2c2ccc(C)cc2)cc1. The maximum Gasteiger partial charge on any atom is 0.290 e. The molecule has 0 bridgehead atoms. The Morgan fingerprint density at radius 2 is 1.62 bits per heavy atom. The second kappa shape index (κ2) is 8.49. The molecule has 2 heterocycles. The summed E-state index contributed by atoms with van der Waals surface area (Å²) >= 11 is 0. The maximum absolute atomic E-state index is 13.8. The van der Waals surface area contributed by atoms with Crippen molar-refractivity contribution in [2.45, 2.75) is 33.2 Å². The monoisotopic (exact) mass is 453 g/mol. The van der Waals surface area contributed by atoms with E-state index in [4.69, 9.17) is 9.15 Å². The highest BCUT2D eigenvalue weighted by atomic mass is 16.5. The van der Waals surface area contributed by atoms with Gasteiger partial charge in [0.25, 0.3) is 5.91 Å². The van der Waals surface area contributed by atoms with Crippen LogP contribution >= 0.6 is 0 Å².